The SMILES string of the molecule is NCC(c1ccc(Cl)cc1Br)N1CCCCCCC1. The second-order valence-electron chi connectivity index (χ2n) is 5.22. The molecule has 1 atom stereocenters. The molecule has 106 valence electrons. The Hall–Kier alpha value is -0.0900. The normalized spacial score (nSPS) is 19.7. The average Bonchev–Trinajstić information content (AvgIpc) is 2.34. The lowest BCUT2D eigenvalue weighted by molar-refractivity contribution is 0.183. The van der Waals surface area contributed by atoms with E-state index in [0.717, 1.165) is 22.6 Å². The van der Waals surface area contributed by atoms with Crippen LogP contribution in [0.4, 0.5) is 0 Å². The molecule has 0 aromatic heterocycles. The van der Waals surface area contributed by atoms with Gasteiger partial charge in [-0.1, -0.05) is 52.9 Å². The van der Waals surface area contributed by atoms with Gasteiger partial charge in [0.25, 0.3) is 0 Å². The highest BCUT2D eigenvalue weighted by molar-refractivity contribution is 9.10. The smallest absolute Gasteiger partial charge is 0.0481 e. The molecule has 2 N–H and O–H groups in total. The Labute approximate surface area is 129 Å². The Morgan fingerprint density at radius 2 is 1.79 bits per heavy atom. The summed E-state index contributed by atoms with van der Waals surface area (Å²) in [5.41, 5.74) is 7.29. The molecular weight excluding hydrogens is 324 g/mol. The maximum atomic E-state index is 6.04. The van der Waals surface area contributed by atoms with Crippen molar-refractivity contribution in [2.45, 2.75) is 38.1 Å². The first kappa shape index (κ1) is 15.3. The molecule has 0 bridgehead atoms. The molecule has 0 spiro atoms. The second-order valence-corrected chi connectivity index (χ2v) is 6.51. The van der Waals surface area contributed by atoms with E-state index >= 15 is 0 Å². The van der Waals surface area contributed by atoms with Crippen LogP contribution in [0.2, 0.25) is 5.02 Å². The topological polar surface area (TPSA) is 29.3 Å². The number of nitrogens with zero attached hydrogens (tertiary/aromatic N) is 1. The van der Waals surface area contributed by atoms with Crippen molar-refractivity contribution in [2.24, 2.45) is 5.73 Å². The fourth-order valence-electron chi connectivity index (χ4n) is 2.83. The average molecular weight is 346 g/mol. The predicted molar refractivity (Wildman–Crippen MR) is 85.6 cm³/mol. The number of hydrogen-bond donors (Lipinski definition) is 1. The van der Waals surface area contributed by atoms with Gasteiger partial charge < -0.3 is 5.73 Å². The zero-order valence-electron chi connectivity index (χ0n) is 11.2. The molecule has 1 heterocycles. The molecule has 1 aromatic carbocycles. The van der Waals surface area contributed by atoms with Gasteiger partial charge in [-0.25, -0.2) is 0 Å². The van der Waals surface area contributed by atoms with E-state index in [0.29, 0.717) is 12.6 Å². The fourth-order valence-corrected chi connectivity index (χ4v) is 3.78. The van der Waals surface area contributed by atoms with Crippen molar-refractivity contribution in [1.29, 1.82) is 0 Å². The van der Waals surface area contributed by atoms with Crippen molar-refractivity contribution in [2.75, 3.05) is 19.6 Å². The van der Waals surface area contributed by atoms with E-state index in [9.17, 15) is 0 Å². The lowest BCUT2D eigenvalue weighted by Gasteiger charge is -2.33. The van der Waals surface area contributed by atoms with Crippen LogP contribution < -0.4 is 5.73 Å². The molecule has 1 fully saturated rings. The molecule has 4 heteroatoms. The molecule has 0 radical (unpaired) electrons. The minimum Gasteiger partial charge on any atom is -0.329 e. The summed E-state index contributed by atoms with van der Waals surface area (Å²) >= 11 is 9.65. The highest BCUT2D eigenvalue weighted by Crippen LogP contribution is 2.30. The van der Waals surface area contributed by atoms with E-state index in [1.54, 1.807) is 0 Å². The number of benzene rings is 1. The zero-order chi connectivity index (χ0) is 13.7. The van der Waals surface area contributed by atoms with E-state index in [1.165, 1.54) is 37.7 Å². The Bertz CT molecular complexity index is 403. The molecule has 2 nitrogen and oxygen atoms in total. The first-order chi connectivity index (χ1) is 9.22. The molecule has 19 heavy (non-hydrogen) atoms. The quantitative estimate of drug-likeness (QED) is 0.881. The Morgan fingerprint density at radius 3 is 2.37 bits per heavy atom. The summed E-state index contributed by atoms with van der Waals surface area (Å²) in [6, 6.07) is 6.31. The fraction of sp³-hybridized carbons (Fsp3) is 0.600. The van der Waals surface area contributed by atoms with Gasteiger partial charge in [0.15, 0.2) is 0 Å². The number of likely N-dealkylation sites (tertiary alicyclic amines) is 1. The standard InChI is InChI=1S/C15H22BrClN2/c16-14-10-12(17)6-7-13(14)15(11-18)19-8-4-2-1-3-5-9-19/h6-7,10,15H,1-5,8-9,11,18H2. The zero-order valence-corrected chi connectivity index (χ0v) is 13.6. The van der Waals surface area contributed by atoms with Crippen molar-refractivity contribution < 1.29 is 0 Å². The highest BCUT2D eigenvalue weighted by Gasteiger charge is 2.21. The monoisotopic (exact) mass is 344 g/mol. The summed E-state index contributed by atoms with van der Waals surface area (Å²) in [5.74, 6) is 0. The van der Waals surface area contributed by atoms with Crippen LogP contribution in [-0.4, -0.2) is 24.5 Å². The van der Waals surface area contributed by atoms with E-state index in [1.807, 2.05) is 12.1 Å². The molecule has 0 amide bonds. The van der Waals surface area contributed by atoms with Crippen LogP contribution in [0.25, 0.3) is 0 Å². The van der Waals surface area contributed by atoms with Crippen LogP contribution in [0.15, 0.2) is 22.7 Å². The predicted octanol–water partition coefficient (Wildman–Crippen LogP) is 4.37. The van der Waals surface area contributed by atoms with Gasteiger partial charge in [-0.05, 0) is 43.6 Å². The molecule has 2 rings (SSSR count). The molecule has 1 unspecified atom stereocenters. The van der Waals surface area contributed by atoms with Crippen molar-refractivity contribution in [3.63, 3.8) is 0 Å². The van der Waals surface area contributed by atoms with E-state index < -0.39 is 0 Å². The maximum absolute atomic E-state index is 6.04. The maximum Gasteiger partial charge on any atom is 0.0481 e. The van der Waals surface area contributed by atoms with Crippen LogP contribution >= 0.6 is 27.5 Å². The summed E-state index contributed by atoms with van der Waals surface area (Å²) < 4.78 is 1.07. The van der Waals surface area contributed by atoms with Gasteiger partial charge in [-0.15, -0.1) is 0 Å². The van der Waals surface area contributed by atoms with Gasteiger partial charge >= 0.3 is 0 Å². The van der Waals surface area contributed by atoms with Crippen molar-refractivity contribution in [3.05, 3.63) is 33.3 Å². The second kappa shape index (κ2) is 7.63. The van der Waals surface area contributed by atoms with Crippen molar-refractivity contribution in [3.8, 4) is 0 Å². The Kier molecular flexibility index (Phi) is 6.14. The Balaban J connectivity index is 2.17. The van der Waals surface area contributed by atoms with Crippen LogP contribution in [0.1, 0.15) is 43.7 Å². The first-order valence-corrected chi connectivity index (χ1v) is 8.28. The number of rotatable bonds is 3. The minimum atomic E-state index is 0.296. The third-order valence-electron chi connectivity index (χ3n) is 3.88. The van der Waals surface area contributed by atoms with E-state index in [2.05, 4.69) is 26.9 Å². The van der Waals surface area contributed by atoms with Crippen molar-refractivity contribution >= 4 is 27.5 Å². The van der Waals surface area contributed by atoms with Gasteiger partial charge in [0.2, 0.25) is 0 Å². The number of hydrogen-bond acceptors (Lipinski definition) is 2. The van der Waals surface area contributed by atoms with Crippen LogP contribution in [0, 0.1) is 0 Å². The minimum absolute atomic E-state index is 0.296. The third-order valence-corrected chi connectivity index (χ3v) is 4.80. The number of halogens is 2. The summed E-state index contributed by atoms with van der Waals surface area (Å²) in [6.45, 7) is 2.95. The summed E-state index contributed by atoms with van der Waals surface area (Å²) in [5, 5.41) is 0.763. The van der Waals surface area contributed by atoms with Gasteiger partial charge in [-0.2, -0.15) is 0 Å². The molecule has 1 aliphatic rings. The molecule has 0 aliphatic carbocycles. The Morgan fingerprint density at radius 1 is 1.16 bits per heavy atom. The van der Waals surface area contributed by atoms with Gasteiger partial charge in [0.05, 0.1) is 0 Å². The number of nitrogens with two attached hydrogens (primary N) is 1. The molecule has 1 saturated heterocycles. The van der Waals surface area contributed by atoms with Crippen LogP contribution in [0.3, 0.4) is 0 Å². The summed E-state index contributed by atoms with van der Waals surface area (Å²) in [6.07, 6.45) is 6.63. The van der Waals surface area contributed by atoms with Gasteiger partial charge in [0, 0.05) is 22.1 Å². The van der Waals surface area contributed by atoms with Gasteiger partial charge in [0.1, 0.15) is 0 Å². The van der Waals surface area contributed by atoms with Crippen molar-refractivity contribution in [1.82, 2.24) is 4.90 Å². The van der Waals surface area contributed by atoms with E-state index in [-0.39, 0.29) is 0 Å². The lowest BCUT2D eigenvalue weighted by Crippen LogP contribution is -2.36. The highest BCUT2D eigenvalue weighted by atomic mass is 79.9. The van der Waals surface area contributed by atoms with E-state index in [4.69, 9.17) is 17.3 Å². The molecular formula is C15H22BrClN2. The van der Waals surface area contributed by atoms with Crippen LogP contribution in [0.5, 0.6) is 0 Å². The molecule has 1 aromatic rings. The summed E-state index contributed by atoms with van der Waals surface area (Å²) in [4.78, 5) is 2.53. The largest absolute Gasteiger partial charge is 0.329 e. The third kappa shape index (κ3) is 4.19. The van der Waals surface area contributed by atoms with Crippen LogP contribution in [-0.2, 0) is 0 Å². The first-order valence-electron chi connectivity index (χ1n) is 7.11. The van der Waals surface area contributed by atoms with Gasteiger partial charge in [-0.3, -0.25) is 4.90 Å². The molecule has 1 aliphatic heterocycles. The summed E-state index contributed by atoms with van der Waals surface area (Å²) in [7, 11) is 0. The molecule has 0 saturated carbocycles. The lowest BCUT2D eigenvalue weighted by atomic mass is 10.0.